The predicted octanol–water partition coefficient (Wildman–Crippen LogP) is 4.66. The van der Waals surface area contributed by atoms with Crippen LogP contribution >= 0.6 is 0 Å². The molecule has 6 nitrogen and oxygen atoms in total. The smallest absolute Gasteiger partial charge is 0.257 e. The van der Waals surface area contributed by atoms with Gasteiger partial charge in [-0.15, -0.1) is 0 Å². The number of carbonyl (C=O) groups excluding carboxylic acids is 1. The van der Waals surface area contributed by atoms with E-state index in [9.17, 15) is 4.79 Å². The number of hydrogen-bond donors (Lipinski definition) is 2. The highest BCUT2D eigenvalue weighted by Gasteiger charge is 2.10. The van der Waals surface area contributed by atoms with Crippen molar-refractivity contribution in [3.05, 3.63) is 90.3 Å². The lowest BCUT2D eigenvalue weighted by atomic mass is 10.2. The van der Waals surface area contributed by atoms with Crippen molar-refractivity contribution in [2.45, 2.75) is 26.3 Å². The summed E-state index contributed by atoms with van der Waals surface area (Å²) in [5.74, 6) is 0.896. The predicted molar refractivity (Wildman–Crippen MR) is 120 cm³/mol. The first kappa shape index (κ1) is 21.0. The van der Waals surface area contributed by atoms with Gasteiger partial charge in [-0.2, -0.15) is 0 Å². The fourth-order valence-corrected chi connectivity index (χ4v) is 2.64. The van der Waals surface area contributed by atoms with Crippen LogP contribution in [0.1, 0.15) is 35.7 Å². The monoisotopic (exact) mass is 402 g/mol. The maximum absolute atomic E-state index is 12.7. The summed E-state index contributed by atoms with van der Waals surface area (Å²) >= 11 is 0. The number of amides is 1. The quantitative estimate of drug-likeness (QED) is 0.326. The van der Waals surface area contributed by atoms with E-state index >= 15 is 0 Å². The van der Waals surface area contributed by atoms with Crippen molar-refractivity contribution in [2.24, 2.45) is 4.99 Å². The van der Waals surface area contributed by atoms with E-state index in [1.54, 1.807) is 24.5 Å². The van der Waals surface area contributed by atoms with Gasteiger partial charge in [-0.3, -0.25) is 15.1 Å². The van der Waals surface area contributed by atoms with E-state index in [2.05, 4.69) is 27.5 Å². The number of hydrogen-bond acceptors (Lipinski definition) is 4. The number of unbranched alkanes of at least 4 members (excludes halogenated alkanes) is 1. The van der Waals surface area contributed by atoms with E-state index < -0.39 is 0 Å². The number of nitrogens with one attached hydrogen (secondary N) is 2. The Hall–Kier alpha value is -3.67. The molecule has 0 aliphatic rings. The summed E-state index contributed by atoms with van der Waals surface area (Å²) in [6.07, 6.45) is 5.52. The van der Waals surface area contributed by atoms with Crippen molar-refractivity contribution in [3.63, 3.8) is 0 Å². The molecule has 0 atom stereocenters. The van der Waals surface area contributed by atoms with Gasteiger partial charge in [0.1, 0.15) is 5.75 Å². The molecule has 0 radical (unpaired) electrons. The molecule has 1 heterocycles. The SMILES string of the molecule is CCCCOc1ccc(C(=O)NC(=NCc2ccncc2)Nc2ccccc2)cc1. The zero-order chi connectivity index (χ0) is 21.0. The Labute approximate surface area is 177 Å². The van der Waals surface area contributed by atoms with Gasteiger partial charge in [0, 0.05) is 23.6 Å². The Bertz CT molecular complexity index is 942. The van der Waals surface area contributed by atoms with Crippen LogP contribution in [0.5, 0.6) is 5.75 Å². The normalized spacial score (nSPS) is 11.0. The van der Waals surface area contributed by atoms with E-state index in [4.69, 9.17) is 4.74 Å². The zero-order valence-corrected chi connectivity index (χ0v) is 17.0. The number of pyridine rings is 1. The van der Waals surface area contributed by atoms with Crippen LogP contribution in [0.4, 0.5) is 5.69 Å². The molecule has 154 valence electrons. The van der Waals surface area contributed by atoms with Gasteiger partial charge >= 0.3 is 0 Å². The van der Waals surface area contributed by atoms with Gasteiger partial charge in [-0.05, 0) is 60.5 Å². The largest absolute Gasteiger partial charge is 0.494 e. The number of aromatic nitrogens is 1. The van der Waals surface area contributed by atoms with Crippen LogP contribution in [-0.4, -0.2) is 23.5 Å². The second-order valence-electron chi connectivity index (χ2n) is 6.69. The van der Waals surface area contributed by atoms with Crippen molar-refractivity contribution >= 4 is 17.6 Å². The van der Waals surface area contributed by atoms with Gasteiger partial charge in [-0.25, -0.2) is 4.99 Å². The first-order valence-corrected chi connectivity index (χ1v) is 10.0. The van der Waals surface area contributed by atoms with Gasteiger partial charge in [-0.1, -0.05) is 31.5 Å². The van der Waals surface area contributed by atoms with Gasteiger partial charge in [0.2, 0.25) is 5.96 Å². The van der Waals surface area contributed by atoms with E-state index in [0.29, 0.717) is 24.7 Å². The number of guanidine groups is 1. The maximum Gasteiger partial charge on any atom is 0.257 e. The average molecular weight is 402 g/mol. The maximum atomic E-state index is 12.7. The van der Waals surface area contributed by atoms with E-state index in [1.807, 2.05) is 54.6 Å². The second kappa shape index (κ2) is 11.4. The highest BCUT2D eigenvalue weighted by molar-refractivity contribution is 6.09. The van der Waals surface area contributed by atoms with Crippen molar-refractivity contribution in [1.82, 2.24) is 10.3 Å². The Balaban J connectivity index is 1.69. The molecule has 1 aromatic heterocycles. The van der Waals surface area contributed by atoms with E-state index in [-0.39, 0.29) is 5.91 Å². The number of nitrogens with zero attached hydrogens (tertiary/aromatic N) is 2. The van der Waals surface area contributed by atoms with Crippen LogP contribution in [0.25, 0.3) is 0 Å². The highest BCUT2D eigenvalue weighted by atomic mass is 16.5. The minimum atomic E-state index is -0.244. The number of benzene rings is 2. The molecule has 2 N–H and O–H groups in total. The molecule has 0 saturated heterocycles. The number of para-hydroxylation sites is 1. The summed E-state index contributed by atoms with van der Waals surface area (Å²) in [5, 5.41) is 6.04. The van der Waals surface area contributed by atoms with Crippen LogP contribution in [0, 0.1) is 0 Å². The summed E-state index contributed by atoms with van der Waals surface area (Å²) in [6, 6.07) is 20.5. The van der Waals surface area contributed by atoms with Crippen LogP contribution in [-0.2, 0) is 6.54 Å². The van der Waals surface area contributed by atoms with Crippen LogP contribution < -0.4 is 15.4 Å². The van der Waals surface area contributed by atoms with Crippen molar-refractivity contribution < 1.29 is 9.53 Å². The zero-order valence-electron chi connectivity index (χ0n) is 17.0. The van der Waals surface area contributed by atoms with E-state index in [0.717, 1.165) is 29.8 Å². The number of anilines is 1. The van der Waals surface area contributed by atoms with Crippen molar-refractivity contribution in [1.29, 1.82) is 0 Å². The number of carbonyl (C=O) groups is 1. The number of ether oxygens (including phenoxy) is 1. The molecule has 2 aromatic carbocycles. The topological polar surface area (TPSA) is 75.6 Å². The Kier molecular flexibility index (Phi) is 7.97. The minimum Gasteiger partial charge on any atom is -0.494 e. The lowest BCUT2D eigenvalue weighted by molar-refractivity contribution is 0.0977. The van der Waals surface area contributed by atoms with Gasteiger partial charge in [0.15, 0.2) is 0 Å². The Morgan fingerprint density at radius 2 is 1.73 bits per heavy atom. The van der Waals surface area contributed by atoms with Gasteiger partial charge in [0.05, 0.1) is 13.2 Å². The molecule has 30 heavy (non-hydrogen) atoms. The third-order valence-electron chi connectivity index (χ3n) is 4.32. The third-order valence-corrected chi connectivity index (χ3v) is 4.32. The average Bonchev–Trinajstić information content (AvgIpc) is 2.79. The summed E-state index contributed by atoms with van der Waals surface area (Å²) in [6.45, 7) is 3.21. The molecule has 0 aliphatic carbocycles. The second-order valence-corrected chi connectivity index (χ2v) is 6.69. The molecular formula is C24H26N4O2. The lowest BCUT2D eigenvalue weighted by Gasteiger charge is -2.12. The first-order chi connectivity index (χ1) is 14.7. The summed E-state index contributed by atoms with van der Waals surface area (Å²) < 4.78 is 5.66. The van der Waals surface area contributed by atoms with Crippen molar-refractivity contribution in [2.75, 3.05) is 11.9 Å². The van der Waals surface area contributed by atoms with Crippen LogP contribution in [0.15, 0.2) is 84.1 Å². The molecular weight excluding hydrogens is 376 g/mol. The molecule has 1 amide bonds. The number of rotatable bonds is 8. The Morgan fingerprint density at radius 3 is 2.43 bits per heavy atom. The summed E-state index contributed by atoms with van der Waals surface area (Å²) in [4.78, 5) is 21.3. The molecule has 3 aromatic rings. The fourth-order valence-electron chi connectivity index (χ4n) is 2.64. The third kappa shape index (κ3) is 6.74. The molecule has 3 rings (SSSR count). The van der Waals surface area contributed by atoms with Gasteiger partial charge < -0.3 is 10.1 Å². The Morgan fingerprint density at radius 1 is 1.00 bits per heavy atom. The molecule has 0 bridgehead atoms. The molecule has 0 aliphatic heterocycles. The number of aliphatic imine (C=N–C) groups is 1. The first-order valence-electron chi connectivity index (χ1n) is 10.0. The summed E-state index contributed by atoms with van der Waals surface area (Å²) in [7, 11) is 0. The standard InChI is InChI=1S/C24H26N4O2/c1-2-3-17-30-22-11-9-20(10-12-22)23(29)28-24(27-21-7-5-4-6-8-21)26-18-19-13-15-25-16-14-19/h4-16H,2-3,17-18H2,1H3,(H2,26,27,28,29). The van der Waals surface area contributed by atoms with Gasteiger partial charge in [0.25, 0.3) is 5.91 Å². The fraction of sp³-hybridized carbons (Fsp3) is 0.208. The van der Waals surface area contributed by atoms with Crippen LogP contribution in [0.2, 0.25) is 0 Å². The molecule has 0 fully saturated rings. The lowest BCUT2D eigenvalue weighted by Crippen LogP contribution is -2.36. The van der Waals surface area contributed by atoms with Crippen LogP contribution in [0.3, 0.4) is 0 Å². The minimum absolute atomic E-state index is 0.244. The molecule has 6 heteroatoms. The molecule has 0 unspecified atom stereocenters. The molecule has 0 saturated carbocycles. The van der Waals surface area contributed by atoms with E-state index in [1.165, 1.54) is 0 Å². The van der Waals surface area contributed by atoms with Crippen molar-refractivity contribution in [3.8, 4) is 5.75 Å². The summed E-state index contributed by atoms with van der Waals surface area (Å²) in [5.41, 5.74) is 2.37. The molecule has 0 spiro atoms. The highest BCUT2D eigenvalue weighted by Crippen LogP contribution is 2.13.